The minimum Gasteiger partial charge on any atom is -0.493 e. The fourth-order valence-corrected chi connectivity index (χ4v) is 3.96. The summed E-state index contributed by atoms with van der Waals surface area (Å²) in [6, 6.07) is 4.98. The van der Waals surface area contributed by atoms with Crippen LogP contribution in [0.3, 0.4) is 0 Å². The highest BCUT2D eigenvalue weighted by Crippen LogP contribution is 2.44. The second kappa shape index (κ2) is 10.7. The van der Waals surface area contributed by atoms with Crippen molar-refractivity contribution >= 4 is 35.4 Å². The van der Waals surface area contributed by atoms with Crippen LogP contribution in [0.2, 0.25) is 0 Å². The molecule has 0 fully saturated rings. The molecule has 1 aliphatic rings. The predicted octanol–water partition coefficient (Wildman–Crippen LogP) is 3.49. The molecule has 3 rings (SSSR count). The summed E-state index contributed by atoms with van der Waals surface area (Å²) in [6.45, 7) is 0.752. The molecule has 0 bridgehead atoms. The molecule has 0 amide bonds. The summed E-state index contributed by atoms with van der Waals surface area (Å²) in [7, 11) is 9.62. The van der Waals surface area contributed by atoms with Gasteiger partial charge in [0, 0.05) is 12.0 Å². The molecule has 9 nitrogen and oxygen atoms in total. The van der Waals surface area contributed by atoms with Gasteiger partial charge in [0.2, 0.25) is 5.75 Å². The molecule has 1 aliphatic heterocycles. The van der Waals surface area contributed by atoms with Gasteiger partial charge in [-0.3, -0.25) is 10.1 Å². The Morgan fingerprint density at radius 2 is 1.50 bits per heavy atom. The Labute approximate surface area is 204 Å². The fourth-order valence-electron chi connectivity index (χ4n) is 3.96. The van der Waals surface area contributed by atoms with Gasteiger partial charge in [-0.25, -0.2) is 4.58 Å². The van der Waals surface area contributed by atoms with E-state index in [2.05, 4.69) is 4.58 Å². The first-order valence-corrected chi connectivity index (χ1v) is 9.68. The predicted molar refractivity (Wildman–Crippen MR) is 130 cm³/mol. The van der Waals surface area contributed by atoms with E-state index >= 15 is 0 Å². The van der Waals surface area contributed by atoms with Crippen LogP contribution in [0, 0.1) is 10.1 Å². The average Bonchev–Trinajstić information content (AvgIpc) is 2.78. The van der Waals surface area contributed by atoms with Gasteiger partial charge in [-0.1, -0.05) is 0 Å². The zero-order chi connectivity index (χ0) is 22.7. The number of likely N-dealkylation sites (N-methyl/N-ethyl adjacent to an activating group) is 1. The first kappa shape index (κ1) is 25.5. The van der Waals surface area contributed by atoms with Crippen molar-refractivity contribution in [2.45, 2.75) is 12.8 Å². The number of methoxy groups -OCH3 is 5. The van der Waals surface area contributed by atoms with E-state index in [0.29, 0.717) is 40.7 Å². The van der Waals surface area contributed by atoms with Gasteiger partial charge in [-0.2, -0.15) is 0 Å². The Morgan fingerprint density at radius 3 is 2.03 bits per heavy atom. The normalized spacial score (nSPS) is 12.4. The first-order valence-electron chi connectivity index (χ1n) is 9.68. The summed E-state index contributed by atoms with van der Waals surface area (Å²) in [5.74, 6) is 2.35. The van der Waals surface area contributed by atoms with E-state index in [9.17, 15) is 10.1 Å². The van der Waals surface area contributed by atoms with Crippen molar-refractivity contribution < 1.29 is 33.2 Å². The van der Waals surface area contributed by atoms with E-state index in [1.807, 2.05) is 13.1 Å². The van der Waals surface area contributed by atoms with Crippen LogP contribution in [0.4, 0.5) is 5.69 Å². The summed E-state index contributed by atoms with van der Waals surface area (Å²) >= 11 is 0. The van der Waals surface area contributed by atoms with Gasteiger partial charge in [-0.05, 0) is 17.7 Å². The van der Waals surface area contributed by atoms with Crippen molar-refractivity contribution in [3.63, 3.8) is 0 Å². The second-order valence-corrected chi connectivity index (χ2v) is 7.07. The number of hydrogen-bond donors (Lipinski definition) is 0. The van der Waals surface area contributed by atoms with Crippen LogP contribution in [0.25, 0.3) is 0 Å². The number of fused-ring (bicyclic) bond motifs is 1. The lowest BCUT2D eigenvalue weighted by molar-refractivity contribution is -0.499. The molecular formula is C22H28IN2O7+. The van der Waals surface area contributed by atoms with Gasteiger partial charge in [0.25, 0.3) is 5.69 Å². The van der Waals surface area contributed by atoms with Gasteiger partial charge < -0.3 is 23.7 Å². The van der Waals surface area contributed by atoms with Crippen molar-refractivity contribution in [2.75, 3.05) is 49.1 Å². The van der Waals surface area contributed by atoms with Gasteiger partial charge >= 0.3 is 0 Å². The third-order valence-electron chi connectivity index (χ3n) is 5.52. The van der Waals surface area contributed by atoms with Crippen LogP contribution in [0.5, 0.6) is 28.7 Å². The molecule has 0 saturated heterocycles. The Hall–Kier alpha value is -2.76. The Balaban J connectivity index is 0.00000363. The maximum atomic E-state index is 11.8. The highest BCUT2D eigenvalue weighted by atomic mass is 127. The summed E-state index contributed by atoms with van der Waals surface area (Å²) in [5, 5.41) is 11.8. The van der Waals surface area contributed by atoms with Crippen LogP contribution in [0.1, 0.15) is 16.7 Å². The van der Waals surface area contributed by atoms with Crippen molar-refractivity contribution in [3.05, 3.63) is 45.0 Å². The Kier molecular flexibility index (Phi) is 8.53. The maximum absolute atomic E-state index is 11.8. The maximum Gasteiger partial charge on any atom is 0.277 e. The van der Waals surface area contributed by atoms with Crippen LogP contribution < -0.4 is 23.7 Å². The zero-order valence-corrected chi connectivity index (χ0v) is 21.3. The topological polar surface area (TPSA) is 92.3 Å². The van der Waals surface area contributed by atoms with Gasteiger partial charge in [0.15, 0.2) is 28.7 Å². The molecule has 32 heavy (non-hydrogen) atoms. The Bertz CT molecular complexity index is 1050. The number of hydrogen-bond acceptors (Lipinski definition) is 7. The quantitative estimate of drug-likeness (QED) is 0.212. The van der Waals surface area contributed by atoms with Crippen molar-refractivity contribution in [3.8, 4) is 28.7 Å². The molecular weight excluding hydrogens is 531 g/mol. The van der Waals surface area contributed by atoms with E-state index in [4.69, 9.17) is 23.7 Å². The van der Waals surface area contributed by atoms with Gasteiger partial charge in [-0.15, -0.1) is 24.0 Å². The molecule has 0 atom stereocenters. The number of benzene rings is 2. The van der Waals surface area contributed by atoms with Crippen molar-refractivity contribution in [1.82, 2.24) is 0 Å². The lowest BCUT2D eigenvalue weighted by Gasteiger charge is -2.23. The van der Waals surface area contributed by atoms with E-state index < -0.39 is 4.92 Å². The molecule has 2 aromatic carbocycles. The first-order chi connectivity index (χ1) is 14.9. The molecule has 0 unspecified atom stereocenters. The number of halogens is 1. The summed E-state index contributed by atoms with van der Waals surface area (Å²) in [4.78, 5) is 11.4. The minimum atomic E-state index is -0.409. The number of rotatable bonds is 8. The largest absolute Gasteiger partial charge is 0.493 e. The second-order valence-electron chi connectivity index (χ2n) is 7.07. The third-order valence-corrected chi connectivity index (χ3v) is 5.52. The Morgan fingerprint density at radius 1 is 0.906 bits per heavy atom. The molecule has 0 aromatic heterocycles. The smallest absolute Gasteiger partial charge is 0.277 e. The van der Waals surface area contributed by atoms with Gasteiger partial charge in [0.05, 0.1) is 58.5 Å². The average molecular weight is 559 g/mol. The molecule has 10 heteroatoms. The summed E-state index contributed by atoms with van der Waals surface area (Å²) in [5.41, 5.74) is 3.25. The van der Waals surface area contributed by atoms with Crippen LogP contribution in [-0.4, -0.2) is 64.4 Å². The molecule has 174 valence electrons. The van der Waals surface area contributed by atoms with E-state index in [1.165, 1.54) is 20.3 Å². The fraction of sp³-hybridized carbons (Fsp3) is 0.409. The van der Waals surface area contributed by atoms with E-state index in [0.717, 1.165) is 29.8 Å². The third kappa shape index (κ3) is 4.54. The number of nitro benzene ring substituents is 1. The molecule has 0 saturated carbocycles. The molecule has 1 heterocycles. The molecule has 0 N–H and O–H groups in total. The van der Waals surface area contributed by atoms with Crippen LogP contribution >= 0.6 is 24.0 Å². The molecule has 0 radical (unpaired) electrons. The van der Waals surface area contributed by atoms with Gasteiger partial charge in [0.1, 0.15) is 13.6 Å². The standard InChI is InChI=1S/C22H27N2O7.HI/c1-23-8-7-13-10-19(29-4)21(30-5)22(31-6)20(13)16(23)9-14-11-17(27-2)18(28-3)12-15(14)24(25)26;/h10-12H,7-9H2,1-6H3;1H/q+1;. The lowest BCUT2D eigenvalue weighted by Crippen LogP contribution is -2.30. The number of nitrogens with zero attached hydrogens (tertiary/aromatic N) is 2. The zero-order valence-electron chi connectivity index (χ0n) is 19.0. The van der Waals surface area contributed by atoms with Crippen molar-refractivity contribution in [2.24, 2.45) is 0 Å². The SMILES string of the molecule is COc1cc(CC2=[N+](C)CCc3cc(OC)c(OC)c(OC)c32)c([N+](=O)[O-])cc1OC.I. The highest BCUT2D eigenvalue weighted by molar-refractivity contribution is 14.0. The number of ether oxygens (including phenoxy) is 5. The van der Waals surface area contributed by atoms with E-state index in [1.54, 1.807) is 27.4 Å². The molecule has 0 aliphatic carbocycles. The molecule has 0 spiro atoms. The summed E-state index contributed by atoms with van der Waals surface area (Å²) in [6.07, 6.45) is 1.08. The monoisotopic (exact) mass is 559 g/mol. The highest BCUT2D eigenvalue weighted by Gasteiger charge is 2.33. The van der Waals surface area contributed by atoms with E-state index in [-0.39, 0.29) is 29.7 Å². The van der Waals surface area contributed by atoms with Crippen molar-refractivity contribution in [1.29, 1.82) is 0 Å². The molecule has 2 aromatic rings. The van der Waals surface area contributed by atoms with Crippen LogP contribution in [0.15, 0.2) is 18.2 Å². The lowest BCUT2D eigenvalue weighted by atomic mass is 9.90. The number of nitro groups is 1. The summed E-state index contributed by atoms with van der Waals surface area (Å²) < 4.78 is 29.5. The minimum absolute atomic E-state index is 0. The van der Waals surface area contributed by atoms with Crippen LogP contribution in [-0.2, 0) is 12.8 Å².